The summed E-state index contributed by atoms with van der Waals surface area (Å²) in [5.41, 5.74) is 0. The summed E-state index contributed by atoms with van der Waals surface area (Å²) >= 11 is 1.08. The zero-order valence-electron chi connectivity index (χ0n) is 11.3. The topological polar surface area (TPSA) is 113 Å². The Morgan fingerprint density at radius 1 is 1.48 bits per heavy atom. The summed E-state index contributed by atoms with van der Waals surface area (Å²) in [4.78, 5) is 21.8. The second-order valence-corrected chi connectivity index (χ2v) is 7.21. The first-order valence-corrected chi connectivity index (χ1v) is 8.22. The van der Waals surface area contributed by atoms with Crippen LogP contribution in [0.4, 0.5) is 0 Å². The number of amides is 1. The van der Waals surface area contributed by atoms with Crippen LogP contribution in [0.15, 0.2) is 21.7 Å². The molecule has 0 unspecified atom stereocenters. The summed E-state index contributed by atoms with van der Waals surface area (Å²) in [6.45, 7) is -0.611. The number of aliphatic carboxylic acids is 1. The van der Waals surface area contributed by atoms with Crippen molar-refractivity contribution in [2.24, 2.45) is 0 Å². The van der Waals surface area contributed by atoms with E-state index in [0.717, 1.165) is 15.6 Å². The first-order valence-electron chi connectivity index (χ1n) is 5.90. The second-order valence-electron chi connectivity index (χ2n) is 3.99. The molecule has 0 aliphatic heterocycles. The van der Waals surface area contributed by atoms with Gasteiger partial charge in [0.1, 0.15) is 10.8 Å². The molecule has 1 aromatic heterocycles. The Hall–Kier alpha value is -1.49. The molecule has 0 atom stereocenters. The molecule has 0 aliphatic rings. The second kappa shape index (κ2) is 8.08. The van der Waals surface area contributed by atoms with E-state index in [1.165, 1.54) is 13.1 Å². The molecule has 0 spiro atoms. The first kappa shape index (κ1) is 17.6. The summed E-state index contributed by atoms with van der Waals surface area (Å²) in [6.07, 6.45) is 0. The number of likely N-dealkylation sites (N-methyl/N-ethyl adjacent to an activating group) is 1. The third kappa shape index (κ3) is 5.79. The van der Waals surface area contributed by atoms with Crippen LogP contribution >= 0.6 is 11.3 Å². The standard InChI is InChI=1S/C11H16N2O6S2/c1-13(21(17,18)11-3-2-6-20-11)7-9(14)12-4-5-19-8-10(15)16/h2-3,6H,4-5,7-8H2,1H3,(H,12,14)(H,15,16). The molecule has 21 heavy (non-hydrogen) atoms. The maximum absolute atomic E-state index is 12.0. The van der Waals surface area contributed by atoms with E-state index in [9.17, 15) is 18.0 Å². The van der Waals surface area contributed by atoms with Crippen LogP contribution in [0.3, 0.4) is 0 Å². The number of thiophene rings is 1. The molecule has 1 heterocycles. The number of nitrogens with zero attached hydrogens (tertiary/aromatic N) is 1. The van der Waals surface area contributed by atoms with Crippen molar-refractivity contribution in [1.29, 1.82) is 0 Å². The van der Waals surface area contributed by atoms with Gasteiger partial charge in [0.15, 0.2) is 0 Å². The molecule has 0 radical (unpaired) electrons. The van der Waals surface area contributed by atoms with E-state index in [2.05, 4.69) is 5.32 Å². The normalized spacial score (nSPS) is 11.5. The number of carbonyl (C=O) groups is 2. The van der Waals surface area contributed by atoms with Crippen LogP contribution in [0.2, 0.25) is 0 Å². The number of carboxylic acids is 1. The monoisotopic (exact) mass is 336 g/mol. The van der Waals surface area contributed by atoms with Gasteiger partial charge in [-0.2, -0.15) is 4.31 Å². The predicted octanol–water partition coefficient (Wildman–Crippen LogP) is -0.414. The Labute approximate surface area is 126 Å². The van der Waals surface area contributed by atoms with Crippen LogP contribution in [-0.2, 0) is 24.3 Å². The third-order valence-electron chi connectivity index (χ3n) is 2.32. The van der Waals surface area contributed by atoms with Crippen molar-refractivity contribution in [3.63, 3.8) is 0 Å². The van der Waals surface area contributed by atoms with Gasteiger partial charge in [0.2, 0.25) is 5.91 Å². The predicted molar refractivity (Wildman–Crippen MR) is 75.6 cm³/mol. The lowest BCUT2D eigenvalue weighted by atomic mass is 10.5. The van der Waals surface area contributed by atoms with E-state index >= 15 is 0 Å². The van der Waals surface area contributed by atoms with Gasteiger partial charge in [0, 0.05) is 13.6 Å². The van der Waals surface area contributed by atoms with Gasteiger partial charge < -0.3 is 15.2 Å². The van der Waals surface area contributed by atoms with Gasteiger partial charge in [-0.1, -0.05) is 6.07 Å². The summed E-state index contributed by atoms with van der Waals surface area (Å²) in [7, 11) is -2.34. The number of carboxylic acid groups (broad SMARTS) is 1. The summed E-state index contributed by atoms with van der Waals surface area (Å²) in [6, 6.07) is 3.08. The van der Waals surface area contributed by atoms with Crippen molar-refractivity contribution in [3.8, 4) is 0 Å². The summed E-state index contributed by atoms with van der Waals surface area (Å²) in [5.74, 6) is -1.58. The Bertz CT molecular complexity index is 570. The van der Waals surface area contributed by atoms with E-state index in [0.29, 0.717) is 0 Å². The lowest BCUT2D eigenvalue weighted by Crippen LogP contribution is -2.39. The highest BCUT2D eigenvalue weighted by atomic mass is 32.2. The van der Waals surface area contributed by atoms with Crippen LogP contribution in [0.5, 0.6) is 0 Å². The van der Waals surface area contributed by atoms with Crippen molar-refractivity contribution in [1.82, 2.24) is 9.62 Å². The van der Waals surface area contributed by atoms with Crippen molar-refractivity contribution < 1.29 is 27.9 Å². The van der Waals surface area contributed by atoms with E-state index in [4.69, 9.17) is 9.84 Å². The van der Waals surface area contributed by atoms with Crippen molar-refractivity contribution >= 4 is 33.2 Å². The minimum absolute atomic E-state index is 0.0411. The highest BCUT2D eigenvalue weighted by Crippen LogP contribution is 2.19. The molecule has 0 saturated carbocycles. The zero-order chi connectivity index (χ0) is 15.9. The molecule has 1 amide bonds. The number of hydrogen-bond donors (Lipinski definition) is 2. The third-order valence-corrected chi connectivity index (χ3v) is 5.50. The molecule has 1 aromatic rings. The number of sulfonamides is 1. The molecule has 2 N–H and O–H groups in total. The summed E-state index contributed by atoms with van der Waals surface area (Å²) in [5, 5.41) is 12.4. The fraction of sp³-hybridized carbons (Fsp3) is 0.455. The Morgan fingerprint density at radius 3 is 2.76 bits per heavy atom. The molecule has 0 aliphatic carbocycles. The lowest BCUT2D eigenvalue weighted by molar-refractivity contribution is -0.142. The molecule has 0 aromatic carbocycles. The van der Waals surface area contributed by atoms with Gasteiger partial charge in [-0.25, -0.2) is 13.2 Å². The molecule has 0 saturated heterocycles. The van der Waals surface area contributed by atoms with Gasteiger partial charge >= 0.3 is 5.97 Å². The highest BCUT2D eigenvalue weighted by molar-refractivity contribution is 7.91. The number of ether oxygens (including phenoxy) is 1. The van der Waals surface area contributed by atoms with Crippen LogP contribution in [0.1, 0.15) is 0 Å². The Kier molecular flexibility index (Phi) is 6.75. The molecule has 0 fully saturated rings. The van der Waals surface area contributed by atoms with Gasteiger partial charge in [-0.05, 0) is 11.4 Å². The van der Waals surface area contributed by atoms with Crippen LogP contribution in [0.25, 0.3) is 0 Å². The number of carbonyl (C=O) groups excluding carboxylic acids is 1. The zero-order valence-corrected chi connectivity index (χ0v) is 12.9. The van der Waals surface area contributed by atoms with Crippen LogP contribution < -0.4 is 5.32 Å². The van der Waals surface area contributed by atoms with Crippen LogP contribution in [-0.4, -0.2) is 63.1 Å². The first-order chi connectivity index (χ1) is 9.84. The van der Waals surface area contributed by atoms with E-state index in [1.807, 2.05) is 0 Å². The van der Waals surface area contributed by atoms with Crippen molar-refractivity contribution in [2.45, 2.75) is 4.21 Å². The van der Waals surface area contributed by atoms with Crippen molar-refractivity contribution in [3.05, 3.63) is 17.5 Å². The molecular weight excluding hydrogens is 320 g/mol. The number of rotatable bonds is 9. The maximum atomic E-state index is 12.0. The van der Waals surface area contributed by atoms with Gasteiger partial charge in [-0.3, -0.25) is 4.79 Å². The quantitative estimate of drug-likeness (QED) is 0.593. The molecule has 1 rings (SSSR count). The molecule has 0 bridgehead atoms. The average molecular weight is 336 g/mol. The van der Waals surface area contributed by atoms with Crippen LogP contribution in [0, 0.1) is 0 Å². The van der Waals surface area contributed by atoms with Gasteiger partial charge in [0.05, 0.1) is 13.2 Å². The summed E-state index contributed by atoms with van der Waals surface area (Å²) < 4.78 is 29.9. The van der Waals surface area contributed by atoms with E-state index < -0.39 is 28.5 Å². The lowest BCUT2D eigenvalue weighted by Gasteiger charge is -2.15. The number of nitrogens with one attached hydrogen (secondary N) is 1. The largest absolute Gasteiger partial charge is 0.480 e. The number of hydrogen-bond acceptors (Lipinski definition) is 6. The van der Waals surface area contributed by atoms with E-state index in [-0.39, 0.29) is 23.9 Å². The minimum atomic E-state index is -3.66. The molecular formula is C11H16N2O6S2. The molecule has 8 nitrogen and oxygen atoms in total. The van der Waals surface area contributed by atoms with Crippen molar-refractivity contribution in [2.75, 3.05) is 33.4 Å². The Morgan fingerprint density at radius 2 is 2.19 bits per heavy atom. The fourth-order valence-corrected chi connectivity index (χ4v) is 3.66. The smallest absolute Gasteiger partial charge is 0.329 e. The maximum Gasteiger partial charge on any atom is 0.329 e. The van der Waals surface area contributed by atoms with Gasteiger partial charge in [-0.15, -0.1) is 11.3 Å². The van der Waals surface area contributed by atoms with Gasteiger partial charge in [0.25, 0.3) is 10.0 Å². The fourth-order valence-electron chi connectivity index (χ4n) is 1.33. The van der Waals surface area contributed by atoms with E-state index in [1.54, 1.807) is 11.4 Å². The molecule has 118 valence electrons. The highest BCUT2D eigenvalue weighted by Gasteiger charge is 2.23. The SMILES string of the molecule is CN(CC(=O)NCCOCC(=O)O)S(=O)(=O)c1cccs1. The molecule has 10 heteroatoms. The average Bonchev–Trinajstić information content (AvgIpc) is 2.92. The Balaban J connectivity index is 2.36. The minimum Gasteiger partial charge on any atom is -0.480 e.